The van der Waals surface area contributed by atoms with Crippen LogP contribution in [0.3, 0.4) is 0 Å². The number of rotatable bonds is 9. The molecular formula is C11H23N3O4. The van der Waals surface area contributed by atoms with Crippen LogP contribution in [0.25, 0.3) is 0 Å². The summed E-state index contributed by atoms with van der Waals surface area (Å²) in [5.74, 6) is -1.35. The van der Waals surface area contributed by atoms with Gasteiger partial charge in [0.25, 0.3) is 0 Å². The Bertz CT molecular complexity index is 261. The summed E-state index contributed by atoms with van der Waals surface area (Å²) in [7, 11) is 0. The van der Waals surface area contributed by atoms with E-state index < -0.39 is 18.1 Å². The lowest BCUT2D eigenvalue weighted by atomic mass is 10.3. The number of carbonyl (C=O) groups is 2. The number of aliphatic hydroxyl groups is 1. The van der Waals surface area contributed by atoms with Crippen LogP contribution in [0, 0.1) is 0 Å². The highest BCUT2D eigenvalue weighted by atomic mass is 16.4. The summed E-state index contributed by atoms with van der Waals surface area (Å²) in [6.45, 7) is 7.00. The van der Waals surface area contributed by atoms with Crippen LogP contribution >= 0.6 is 0 Å². The van der Waals surface area contributed by atoms with Crippen LogP contribution in [0.5, 0.6) is 0 Å². The molecule has 18 heavy (non-hydrogen) atoms. The van der Waals surface area contributed by atoms with Crippen LogP contribution < -0.4 is 10.6 Å². The monoisotopic (exact) mass is 261 g/mol. The third-order valence-corrected chi connectivity index (χ3v) is 2.44. The van der Waals surface area contributed by atoms with Crippen LogP contribution in [-0.4, -0.2) is 65.9 Å². The van der Waals surface area contributed by atoms with Crippen LogP contribution in [0.2, 0.25) is 0 Å². The van der Waals surface area contributed by atoms with Gasteiger partial charge < -0.3 is 25.7 Å². The predicted octanol–water partition coefficient (Wildman–Crippen LogP) is -0.537. The molecule has 1 atom stereocenters. The molecule has 0 aliphatic carbocycles. The van der Waals surface area contributed by atoms with E-state index in [1.54, 1.807) is 0 Å². The molecule has 0 radical (unpaired) electrons. The zero-order valence-corrected chi connectivity index (χ0v) is 11.0. The standard InChI is InChI=1S/C11H23N3O4/c1-3-6-14(4-2)7-5-12-11(18)13-8-9(15)10(16)17/h9,15H,3-8H2,1-2H3,(H,16,17)(H2,12,13,18). The molecule has 0 aromatic heterocycles. The maximum Gasteiger partial charge on any atom is 0.334 e. The molecule has 106 valence electrons. The molecule has 0 fully saturated rings. The molecule has 1 unspecified atom stereocenters. The molecule has 0 aliphatic rings. The minimum Gasteiger partial charge on any atom is -0.479 e. The smallest absolute Gasteiger partial charge is 0.334 e. The highest BCUT2D eigenvalue weighted by Crippen LogP contribution is 1.89. The van der Waals surface area contributed by atoms with E-state index in [-0.39, 0.29) is 6.54 Å². The van der Waals surface area contributed by atoms with Crippen LogP contribution in [0.1, 0.15) is 20.3 Å². The Balaban J connectivity index is 3.67. The Morgan fingerprint density at radius 2 is 1.89 bits per heavy atom. The Morgan fingerprint density at radius 3 is 2.39 bits per heavy atom. The van der Waals surface area contributed by atoms with Gasteiger partial charge in [0.15, 0.2) is 6.10 Å². The Labute approximate surface area is 107 Å². The molecular weight excluding hydrogens is 238 g/mol. The summed E-state index contributed by atoms with van der Waals surface area (Å²) in [5.41, 5.74) is 0. The van der Waals surface area contributed by atoms with Gasteiger partial charge >= 0.3 is 12.0 Å². The number of carboxylic acids is 1. The first-order valence-electron chi connectivity index (χ1n) is 6.16. The highest BCUT2D eigenvalue weighted by Gasteiger charge is 2.13. The van der Waals surface area contributed by atoms with Crippen molar-refractivity contribution in [2.75, 3.05) is 32.7 Å². The zero-order chi connectivity index (χ0) is 14.0. The first-order chi connectivity index (χ1) is 8.51. The van der Waals surface area contributed by atoms with Crippen molar-refractivity contribution >= 4 is 12.0 Å². The summed E-state index contributed by atoms with van der Waals surface area (Å²) in [4.78, 5) is 23.8. The van der Waals surface area contributed by atoms with Gasteiger partial charge in [0.1, 0.15) is 0 Å². The van der Waals surface area contributed by atoms with Gasteiger partial charge in [-0.05, 0) is 19.5 Å². The van der Waals surface area contributed by atoms with Crippen molar-refractivity contribution in [3.8, 4) is 0 Å². The zero-order valence-electron chi connectivity index (χ0n) is 11.0. The van der Waals surface area contributed by atoms with Gasteiger partial charge in [-0.1, -0.05) is 13.8 Å². The first-order valence-corrected chi connectivity index (χ1v) is 6.16. The van der Waals surface area contributed by atoms with Gasteiger partial charge in [-0.3, -0.25) is 0 Å². The number of hydrogen-bond donors (Lipinski definition) is 4. The second kappa shape index (κ2) is 9.67. The van der Waals surface area contributed by atoms with Gasteiger partial charge in [-0.2, -0.15) is 0 Å². The molecule has 0 heterocycles. The number of nitrogens with one attached hydrogen (secondary N) is 2. The normalized spacial score (nSPS) is 12.2. The molecule has 7 nitrogen and oxygen atoms in total. The first kappa shape index (κ1) is 16.7. The van der Waals surface area contributed by atoms with Crippen LogP contribution in [0.15, 0.2) is 0 Å². The molecule has 0 spiro atoms. The van der Waals surface area contributed by atoms with Crippen molar-refractivity contribution in [1.82, 2.24) is 15.5 Å². The molecule has 0 rings (SSSR count). The SMILES string of the molecule is CCCN(CC)CCNC(=O)NCC(O)C(=O)O. The van der Waals surface area contributed by atoms with Crippen LogP contribution in [-0.2, 0) is 4.79 Å². The maximum absolute atomic E-state index is 11.3. The summed E-state index contributed by atoms with van der Waals surface area (Å²) in [6, 6.07) is -0.470. The van der Waals surface area contributed by atoms with Gasteiger partial charge in [-0.15, -0.1) is 0 Å². The molecule has 0 aromatic rings. The molecule has 0 aromatic carbocycles. The molecule has 0 aliphatic heterocycles. The fraction of sp³-hybridized carbons (Fsp3) is 0.818. The number of carboxylic acid groups (broad SMARTS) is 1. The lowest BCUT2D eigenvalue weighted by Crippen LogP contribution is -2.44. The van der Waals surface area contributed by atoms with Gasteiger partial charge in [0, 0.05) is 13.1 Å². The quantitative estimate of drug-likeness (QED) is 0.446. The average Bonchev–Trinajstić information content (AvgIpc) is 2.34. The van der Waals surface area contributed by atoms with E-state index in [0.717, 1.165) is 26.1 Å². The van der Waals surface area contributed by atoms with Gasteiger partial charge in [0.05, 0.1) is 6.54 Å². The number of urea groups is 1. The molecule has 2 amide bonds. The fourth-order valence-electron chi connectivity index (χ4n) is 1.41. The van der Waals surface area contributed by atoms with E-state index in [2.05, 4.69) is 29.4 Å². The Morgan fingerprint density at radius 1 is 1.22 bits per heavy atom. The third-order valence-electron chi connectivity index (χ3n) is 2.44. The van der Waals surface area contributed by atoms with Crippen molar-refractivity contribution < 1.29 is 19.8 Å². The predicted molar refractivity (Wildman–Crippen MR) is 67.4 cm³/mol. The maximum atomic E-state index is 11.3. The fourth-order valence-corrected chi connectivity index (χ4v) is 1.41. The second-order valence-electron chi connectivity index (χ2n) is 3.93. The number of aliphatic carboxylic acids is 1. The molecule has 0 bridgehead atoms. The Kier molecular flexibility index (Phi) is 8.95. The summed E-state index contributed by atoms with van der Waals surface area (Å²) >= 11 is 0. The summed E-state index contributed by atoms with van der Waals surface area (Å²) in [5, 5.41) is 22.2. The van der Waals surface area contributed by atoms with Gasteiger partial charge in [0.2, 0.25) is 0 Å². The van der Waals surface area contributed by atoms with E-state index >= 15 is 0 Å². The number of carbonyl (C=O) groups excluding carboxylic acids is 1. The van der Waals surface area contributed by atoms with E-state index in [1.165, 1.54) is 0 Å². The number of aliphatic hydroxyl groups excluding tert-OH is 1. The number of hydrogen-bond acceptors (Lipinski definition) is 4. The largest absolute Gasteiger partial charge is 0.479 e. The lowest BCUT2D eigenvalue weighted by Gasteiger charge is -2.19. The Hall–Kier alpha value is -1.34. The van der Waals surface area contributed by atoms with Crippen molar-refractivity contribution in [2.45, 2.75) is 26.4 Å². The highest BCUT2D eigenvalue weighted by molar-refractivity contribution is 5.76. The molecule has 0 saturated heterocycles. The number of likely N-dealkylation sites (N-methyl/N-ethyl adjacent to an activating group) is 1. The summed E-state index contributed by atoms with van der Waals surface area (Å²) < 4.78 is 0. The van der Waals surface area contributed by atoms with Crippen molar-refractivity contribution in [3.63, 3.8) is 0 Å². The van der Waals surface area contributed by atoms with Crippen LogP contribution in [0.4, 0.5) is 4.79 Å². The van der Waals surface area contributed by atoms with Gasteiger partial charge in [-0.25, -0.2) is 9.59 Å². The van der Waals surface area contributed by atoms with E-state index in [9.17, 15) is 9.59 Å². The average molecular weight is 261 g/mol. The minimum atomic E-state index is -1.57. The van der Waals surface area contributed by atoms with Crippen molar-refractivity contribution in [1.29, 1.82) is 0 Å². The topological polar surface area (TPSA) is 102 Å². The third kappa shape index (κ3) is 7.86. The molecule has 7 heteroatoms. The number of nitrogens with zero attached hydrogens (tertiary/aromatic N) is 1. The van der Waals surface area contributed by atoms with E-state index in [0.29, 0.717) is 6.54 Å². The number of amides is 2. The van der Waals surface area contributed by atoms with Crippen molar-refractivity contribution in [2.24, 2.45) is 0 Å². The summed E-state index contributed by atoms with van der Waals surface area (Å²) in [6.07, 6.45) is -0.506. The molecule has 0 saturated carbocycles. The van der Waals surface area contributed by atoms with Crippen molar-refractivity contribution in [3.05, 3.63) is 0 Å². The molecule has 4 N–H and O–H groups in total. The lowest BCUT2D eigenvalue weighted by molar-refractivity contribution is -0.146. The van der Waals surface area contributed by atoms with E-state index in [4.69, 9.17) is 10.2 Å². The second-order valence-corrected chi connectivity index (χ2v) is 3.93. The van der Waals surface area contributed by atoms with E-state index in [1.807, 2.05) is 0 Å². The minimum absolute atomic E-state index is 0.298.